The van der Waals surface area contributed by atoms with Gasteiger partial charge in [0, 0.05) is 59.9 Å². The summed E-state index contributed by atoms with van der Waals surface area (Å²) in [4.78, 5) is 0. The van der Waals surface area contributed by atoms with Crippen molar-refractivity contribution >= 4 is 0 Å². The Morgan fingerprint density at radius 3 is 0.750 bits per heavy atom. The van der Waals surface area contributed by atoms with Gasteiger partial charge >= 0.3 is 0 Å². The van der Waals surface area contributed by atoms with Crippen molar-refractivity contribution in [2.75, 3.05) is 0 Å². The number of hydrogen-bond donors (Lipinski definition) is 0. The summed E-state index contributed by atoms with van der Waals surface area (Å²) in [5.41, 5.74) is 0. The maximum atomic E-state index is 0. The second kappa shape index (κ2) is 20.5. The van der Waals surface area contributed by atoms with E-state index < -0.39 is 0 Å². The first-order valence-corrected chi connectivity index (χ1v) is 0. The van der Waals surface area contributed by atoms with Gasteiger partial charge < -0.3 is 0 Å². The van der Waals surface area contributed by atoms with Gasteiger partial charge in [-0.1, -0.05) is 7.43 Å². The van der Waals surface area contributed by atoms with E-state index in [9.17, 15) is 0 Å². The van der Waals surface area contributed by atoms with Crippen LogP contribution in [-0.2, 0) is 59.9 Å². The van der Waals surface area contributed by atoms with Crippen molar-refractivity contribution in [3.63, 3.8) is 0 Å². The van der Waals surface area contributed by atoms with E-state index in [1.807, 2.05) is 0 Å². The third-order valence-corrected chi connectivity index (χ3v) is 0. The minimum atomic E-state index is 0. The molecule has 0 aliphatic heterocycles. The molecule has 0 saturated heterocycles. The van der Waals surface area contributed by atoms with E-state index in [4.69, 9.17) is 0 Å². The van der Waals surface area contributed by atoms with Crippen molar-refractivity contribution in [3.8, 4) is 0 Å². The summed E-state index contributed by atoms with van der Waals surface area (Å²) in [6.07, 6.45) is 0. The van der Waals surface area contributed by atoms with Crippen LogP contribution >= 0.6 is 0 Å². The molecule has 0 bridgehead atoms. The molecule has 0 rings (SSSR count). The second-order valence-electron chi connectivity index (χ2n) is 0. The second-order valence-corrected chi connectivity index (χ2v) is 0. The van der Waals surface area contributed by atoms with Gasteiger partial charge in [0.1, 0.15) is 0 Å². The van der Waals surface area contributed by atoms with Crippen LogP contribution in [0.4, 0.5) is 0 Å². The van der Waals surface area contributed by atoms with Crippen LogP contribution in [0.3, 0.4) is 0 Å². The molecule has 0 aliphatic carbocycles. The average molecular weight is 170 g/mol. The fourth-order valence-corrected chi connectivity index (χ4v) is 0. The smallest absolute Gasteiger partial charge is 0 e. The summed E-state index contributed by atoms with van der Waals surface area (Å²) in [6.45, 7) is 0. The maximum Gasteiger partial charge on any atom is 0 e. The summed E-state index contributed by atoms with van der Waals surface area (Å²) in [5.74, 6) is 0. The van der Waals surface area contributed by atoms with Gasteiger partial charge in [0.2, 0.25) is 0 Å². The molecule has 0 radical (unpaired) electrons. The molecule has 0 amide bonds. The fourth-order valence-electron chi connectivity index (χ4n) is 0. The van der Waals surface area contributed by atoms with Crippen LogP contribution in [0.5, 0.6) is 0 Å². The zero-order valence-electron chi connectivity index (χ0n) is 1.32. The van der Waals surface area contributed by atoms with Crippen LogP contribution in [0.15, 0.2) is 0 Å². The number of rotatable bonds is 0. The molecule has 0 N–H and O–H groups in total. The normalized spacial score (nSPS) is 0. The first kappa shape index (κ1) is 38.8. The molecule has 0 fully saturated rings. The third kappa shape index (κ3) is 9.06. The Balaban J connectivity index is 0. The van der Waals surface area contributed by atoms with Crippen molar-refractivity contribution < 1.29 is 59.9 Å². The van der Waals surface area contributed by atoms with Gasteiger partial charge in [-0.05, 0) is 0 Å². The van der Waals surface area contributed by atoms with E-state index in [0.717, 1.165) is 0 Å². The fraction of sp³-hybridized carbons (Fsp3) is 1.00. The monoisotopic (exact) mass is 170 g/mol. The SMILES string of the molecule is C.[Ni].[Ti].[Ti]. The molecule has 0 aromatic carbocycles. The summed E-state index contributed by atoms with van der Waals surface area (Å²) < 4.78 is 0. The van der Waals surface area contributed by atoms with Crippen LogP contribution in [0.1, 0.15) is 7.43 Å². The van der Waals surface area contributed by atoms with Crippen LogP contribution < -0.4 is 0 Å². The van der Waals surface area contributed by atoms with Crippen LogP contribution in [0.25, 0.3) is 0 Å². The molecule has 4 heavy (non-hydrogen) atoms. The summed E-state index contributed by atoms with van der Waals surface area (Å²) in [5, 5.41) is 0. The zero-order valence-corrected chi connectivity index (χ0v) is 5.43. The molecule has 0 saturated carbocycles. The van der Waals surface area contributed by atoms with Crippen molar-refractivity contribution in [1.82, 2.24) is 0 Å². The summed E-state index contributed by atoms with van der Waals surface area (Å²) in [7, 11) is 0. The van der Waals surface area contributed by atoms with Crippen molar-refractivity contribution in [1.29, 1.82) is 0 Å². The predicted octanol–water partition coefficient (Wildman–Crippen LogP) is 0.629. The van der Waals surface area contributed by atoms with Crippen molar-refractivity contribution in [3.05, 3.63) is 0 Å². The Morgan fingerprint density at radius 1 is 0.750 bits per heavy atom. The Labute approximate surface area is 66.8 Å². The first-order valence-electron chi connectivity index (χ1n) is 0. The molecule has 26 valence electrons. The van der Waals surface area contributed by atoms with Crippen LogP contribution in [0, 0.1) is 0 Å². The maximum absolute atomic E-state index is 0. The largest absolute Gasteiger partial charge is 0.0776 e. The molecule has 0 unspecified atom stereocenters. The standard InChI is InChI=1S/CH4.Ni.2Ti/h1H4;;;. The Kier molecular flexibility index (Phi) is 199. The van der Waals surface area contributed by atoms with E-state index in [1.54, 1.807) is 0 Å². The van der Waals surface area contributed by atoms with Crippen molar-refractivity contribution in [2.24, 2.45) is 0 Å². The van der Waals surface area contributed by atoms with Gasteiger partial charge in [-0.15, -0.1) is 0 Å². The molecule has 0 aromatic rings. The van der Waals surface area contributed by atoms with E-state index in [0.29, 0.717) is 0 Å². The minimum Gasteiger partial charge on any atom is -0.0776 e. The Bertz CT molecular complexity index is 6.00. The molecular weight excluding hydrogens is 166 g/mol. The van der Waals surface area contributed by atoms with Crippen molar-refractivity contribution in [2.45, 2.75) is 7.43 Å². The quantitative estimate of drug-likeness (QED) is 0.468. The molecule has 0 aromatic heterocycles. The van der Waals surface area contributed by atoms with Gasteiger partial charge in [0.05, 0.1) is 0 Å². The van der Waals surface area contributed by atoms with Crippen LogP contribution in [-0.4, -0.2) is 0 Å². The zero-order chi connectivity index (χ0) is 0. The minimum absolute atomic E-state index is 0. The van der Waals surface area contributed by atoms with Crippen LogP contribution in [0.2, 0.25) is 0 Å². The van der Waals surface area contributed by atoms with Gasteiger partial charge in [-0.2, -0.15) is 0 Å². The molecule has 0 aliphatic rings. The van der Waals surface area contributed by atoms with E-state index in [2.05, 4.69) is 0 Å². The molecule has 3 heteroatoms. The van der Waals surface area contributed by atoms with E-state index in [1.165, 1.54) is 0 Å². The number of hydrogen-bond acceptors (Lipinski definition) is 0. The Morgan fingerprint density at radius 2 is 0.750 bits per heavy atom. The van der Waals surface area contributed by atoms with Gasteiger partial charge in [0.25, 0.3) is 0 Å². The summed E-state index contributed by atoms with van der Waals surface area (Å²) >= 11 is 0. The third-order valence-electron chi connectivity index (χ3n) is 0. The van der Waals surface area contributed by atoms with E-state index >= 15 is 0 Å². The molecule has 0 spiro atoms. The van der Waals surface area contributed by atoms with E-state index in [-0.39, 0.29) is 67.4 Å². The Hall–Kier alpha value is 1.92. The first-order chi connectivity index (χ1) is 0. The summed E-state index contributed by atoms with van der Waals surface area (Å²) in [6, 6.07) is 0. The molecule has 0 atom stereocenters. The van der Waals surface area contributed by atoms with Gasteiger partial charge in [0.15, 0.2) is 0 Å². The molecule has 0 heterocycles. The predicted molar refractivity (Wildman–Crippen MR) is 6.73 cm³/mol. The van der Waals surface area contributed by atoms with Gasteiger partial charge in [-0.25, -0.2) is 0 Å². The molecular formula is CH4NiTi2. The topological polar surface area (TPSA) is 0 Å². The van der Waals surface area contributed by atoms with Gasteiger partial charge in [-0.3, -0.25) is 0 Å². The average Bonchev–Trinajstić information content (AvgIpc) is 0. The molecule has 0 nitrogen and oxygen atoms in total.